The number of hydrogen-bond donors (Lipinski definition) is 2. The minimum Gasteiger partial charge on any atom is -0.496 e. The molecule has 2 N–H and O–H groups in total. The Hall–Kier alpha value is -3.60. The fourth-order valence-electron chi connectivity index (χ4n) is 4.67. The highest BCUT2D eigenvalue weighted by atomic mass is 16.5. The minimum atomic E-state index is -0.840. The Balaban J connectivity index is 2.06. The van der Waals surface area contributed by atoms with E-state index in [1.807, 2.05) is 26.0 Å². The summed E-state index contributed by atoms with van der Waals surface area (Å²) in [6, 6.07) is 14.0. The molecular formula is C27H27NO4. The number of allylic oxidation sites excluding steroid dienone is 5. The Kier molecular flexibility index (Phi) is 5.74. The van der Waals surface area contributed by atoms with E-state index in [0.29, 0.717) is 24.2 Å². The Morgan fingerprint density at radius 2 is 1.78 bits per heavy atom. The highest BCUT2D eigenvalue weighted by molar-refractivity contribution is 6.07. The van der Waals surface area contributed by atoms with Gasteiger partial charge in [-0.05, 0) is 72.3 Å². The lowest BCUT2D eigenvalue weighted by Gasteiger charge is -2.20. The molecular weight excluding hydrogens is 402 g/mol. The van der Waals surface area contributed by atoms with Crippen molar-refractivity contribution in [1.29, 1.82) is 0 Å². The highest BCUT2D eigenvalue weighted by Crippen LogP contribution is 2.45. The number of carbonyl (C=O) groups excluding carboxylic acids is 1. The number of carbonyl (C=O) groups is 2. The topological polar surface area (TPSA) is 75.6 Å². The predicted octanol–water partition coefficient (Wildman–Crippen LogP) is 5.52. The van der Waals surface area contributed by atoms with Crippen molar-refractivity contribution in [2.75, 3.05) is 7.11 Å². The van der Waals surface area contributed by atoms with E-state index in [0.717, 1.165) is 50.3 Å². The van der Waals surface area contributed by atoms with E-state index in [-0.39, 0.29) is 12.3 Å². The Morgan fingerprint density at radius 1 is 1.06 bits per heavy atom. The molecule has 5 heteroatoms. The maximum Gasteiger partial charge on any atom is 0.303 e. The van der Waals surface area contributed by atoms with Crippen molar-refractivity contribution in [2.45, 2.75) is 40.0 Å². The molecule has 2 aliphatic rings. The molecule has 1 heterocycles. The van der Waals surface area contributed by atoms with Gasteiger partial charge in [0.1, 0.15) is 5.75 Å². The number of nitrogens with one attached hydrogen (secondary N) is 1. The van der Waals surface area contributed by atoms with E-state index in [1.54, 1.807) is 13.2 Å². The molecule has 0 saturated heterocycles. The van der Waals surface area contributed by atoms with Crippen LogP contribution in [-0.4, -0.2) is 24.1 Å². The van der Waals surface area contributed by atoms with Crippen LogP contribution in [0.4, 0.5) is 0 Å². The molecule has 5 nitrogen and oxygen atoms in total. The number of methoxy groups -OCH3 is 1. The quantitative estimate of drug-likeness (QED) is 0.656. The molecule has 4 rings (SSSR count). The maximum absolute atomic E-state index is 13.2. The average molecular weight is 430 g/mol. The number of aryl methyl sites for hydroxylation is 1. The average Bonchev–Trinajstić information content (AvgIpc) is 2.98. The van der Waals surface area contributed by atoms with Crippen LogP contribution in [-0.2, 0) is 4.79 Å². The van der Waals surface area contributed by atoms with Crippen molar-refractivity contribution in [1.82, 2.24) is 5.32 Å². The number of hydrogen-bond acceptors (Lipinski definition) is 3. The van der Waals surface area contributed by atoms with Crippen LogP contribution in [0.1, 0.15) is 60.2 Å². The summed E-state index contributed by atoms with van der Waals surface area (Å²) >= 11 is 0. The minimum absolute atomic E-state index is 0.0241. The number of ether oxygens (including phenoxy) is 1. The van der Waals surface area contributed by atoms with E-state index < -0.39 is 5.97 Å². The van der Waals surface area contributed by atoms with Gasteiger partial charge in [-0.25, -0.2) is 0 Å². The zero-order valence-electron chi connectivity index (χ0n) is 18.8. The molecule has 1 amide bonds. The van der Waals surface area contributed by atoms with Gasteiger partial charge in [-0.1, -0.05) is 42.0 Å². The third kappa shape index (κ3) is 3.75. The Bertz CT molecular complexity index is 1210. The van der Waals surface area contributed by atoms with Gasteiger partial charge in [-0.2, -0.15) is 0 Å². The zero-order chi connectivity index (χ0) is 23.0. The fraction of sp³-hybridized carbons (Fsp3) is 0.259. The van der Waals surface area contributed by atoms with Gasteiger partial charge in [0, 0.05) is 18.5 Å². The van der Waals surface area contributed by atoms with Gasteiger partial charge < -0.3 is 15.2 Å². The molecule has 1 aliphatic carbocycles. The van der Waals surface area contributed by atoms with Crippen LogP contribution in [0.15, 0.2) is 64.9 Å². The summed E-state index contributed by atoms with van der Waals surface area (Å²) in [5, 5.41) is 12.5. The van der Waals surface area contributed by atoms with E-state index in [4.69, 9.17) is 4.74 Å². The second-order valence-corrected chi connectivity index (χ2v) is 8.33. The molecule has 0 aromatic heterocycles. The summed E-state index contributed by atoms with van der Waals surface area (Å²) in [6.07, 6.45) is 0.977. The fourth-order valence-corrected chi connectivity index (χ4v) is 4.67. The summed E-state index contributed by atoms with van der Waals surface area (Å²) < 4.78 is 5.51. The van der Waals surface area contributed by atoms with Crippen molar-refractivity contribution in [3.05, 3.63) is 87.1 Å². The van der Waals surface area contributed by atoms with E-state index in [1.165, 1.54) is 0 Å². The van der Waals surface area contributed by atoms with Gasteiger partial charge in [0.25, 0.3) is 5.91 Å². The molecule has 2 bridgehead atoms. The van der Waals surface area contributed by atoms with Gasteiger partial charge >= 0.3 is 5.97 Å². The third-order valence-corrected chi connectivity index (χ3v) is 6.38. The number of aliphatic carboxylic acids is 1. The van der Waals surface area contributed by atoms with Crippen LogP contribution in [0.25, 0.3) is 11.1 Å². The summed E-state index contributed by atoms with van der Waals surface area (Å²) in [5.74, 6) is -0.505. The third-order valence-electron chi connectivity index (χ3n) is 6.38. The zero-order valence-corrected chi connectivity index (χ0v) is 18.8. The van der Waals surface area contributed by atoms with Crippen molar-refractivity contribution < 1.29 is 19.4 Å². The number of carboxylic acids is 1. The molecule has 2 aromatic carbocycles. The van der Waals surface area contributed by atoms with Crippen molar-refractivity contribution >= 4 is 23.0 Å². The second kappa shape index (κ2) is 8.50. The molecule has 0 saturated carbocycles. The van der Waals surface area contributed by atoms with Gasteiger partial charge in [-0.3, -0.25) is 9.59 Å². The molecule has 0 radical (unpaired) electrons. The first-order valence-corrected chi connectivity index (χ1v) is 10.7. The maximum atomic E-state index is 13.2. The van der Waals surface area contributed by atoms with E-state index in [9.17, 15) is 14.7 Å². The predicted molar refractivity (Wildman–Crippen MR) is 125 cm³/mol. The summed E-state index contributed by atoms with van der Waals surface area (Å²) in [7, 11) is 1.57. The number of benzene rings is 2. The first-order chi connectivity index (χ1) is 15.3. The van der Waals surface area contributed by atoms with E-state index in [2.05, 4.69) is 36.5 Å². The first-order valence-electron chi connectivity index (χ1n) is 10.7. The number of carboxylic acid groups (broad SMARTS) is 1. The molecule has 0 fully saturated rings. The lowest BCUT2D eigenvalue weighted by Crippen LogP contribution is -2.23. The van der Waals surface area contributed by atoms with Gasteiger partial charge in [0.05, 0.1) is 12.7 Å². The largest absolute Gasteiger partial charge is 0.496 e. The standard InChI is InChI=1S/C27H27NO4/c1-15-8-10-18(11-9-15)25-17(3)21-14-22(16(2)19(25)12-13-24(29)30)28-27(31)26-20(21)6-5-7-23(26)32-4/h5-11H,12-14H2,1-4H3,(H,28,31)(H,29,30). The monoisotopic (exact) mass is 429 g/mol. The molecule has 164 valence electrons. The lowest BCUT2D eigenvalue weighted by molar-refractivity contribution is -0.136. The highest BCUT2D eigenvalue weighted by Gasteiger charge is 2.31. The number of amides is 1. The first kappa shape index (κ1) is 21.6. The smallest absolute Gasteiger partial charge is 0.303 e. The second-order valence-electron chi connectivity index (χ2n) is 8.33. The van der Waals surface area contributed by atoms with Crippen LogP contribution in [0.5, 0.6) is 5.75 Å². The molecule has 1 aliphatic heterocycles. The molecule has 0 spiro atoms. The molecule has 2 aromatic rings. The van der Waals surface area contributed by atoms with Gasteiger partial charge in [-0.15, -0.1) is 0 Å². The van der Waals surface area contributed by atoms with Crippen LogP contribution in [0.2, 0.25) is 0 Å². The van der Waals surface area contributed by atoms with E-state index >= 15 is 0 Å². The molecule has 0 atom stereocenters. The van der Waals surface area contributed by atoms with Crippen LogP contribution in [0, 0.1) is 6.92 Å². The Labute approximate surface area is 188 Å². The lowest BCUT2D eigenvalue weighted by atomic mass is 9.85. The SMILES string of the molecule is COc1cccc2c1C(=O)NC1=C(C)C(CCC(=O)O)=C(c3ccc(C)cc3)C(C)=C2C1. The van der Waals surface area contributed by atoms with Crippen LogP contribution in [0.3, 0.4) is 0 Å². The van der Waals surface area contributed by atoms with Crippen molar-refractivity contribution in [2.24, 2.45) is 0 Å². The number of rotatable bonds is 5. The normalized spacial score (nSPS) is 15.8. The van der Waals surface area contributed by atoms with Crippen molar-refractivity contribution in [3.63, 3.8) is 0 Å². The molecule has 0 unspecified atom stereocenters. The summed E-state index contributed by atoms with van der Waals surface area (Å²) in [5.41, 5.74) is 9.43. The Morgan fingerprint density at radius 3 is 2.44 bits per heavy atom. The molecule has 32 heavy (non-hydrogen) atoms. The van der Waals surface area contributed by atoms with Gasteiger partial charge in [0.15, 0.2) is 0 Å². The van der Waals surface area contributed by atoms with Gasteiger partial charge in [0.2, 0.25) is 0 Å². The summed E-state index contributed by atoms with van der Waals surface area (Å²) in [4.78, 5) is 24.6. The summed E-state index contributed by atoms with van der Waals surface area (Å²) in [6.45, 7) is 6.09. The van der Waals surface area contributed by atoms with Crippen LogP contribution < -0.4 is 10.1 Å². The van der Waals surface area contributed by atoms with Crippen molar-refractivity contribution in [3.8, 4) is 5.75 Å². The van der Waals surface area contributed by atoms with Crippen LogP contribution >= 0.6 is 0 Å². The number of fused-ring (bicyclic) bond motifs is 4.